The lowest BCUT2D eigenvalue weighted by molar-refractivity contribution is 0.219. The minimum absolute atomic E-state index is 0.0848. The van der Waals surface area contributed by atoms with E-state index in [1.165, 1.54) is 0 Å². The summed E-state index contributed by atoms with van der Waals surface area (Å²) in [6.45, 7) is 8.47. The Morgan fingerprint density at radius 2 is 2.15 bits per heavy atom. The Hall–Kier alpha value is -1.51. The molecule has 108 valence electrons. The van der Waals surface area contributed by atoms with Crippen LogP contribution in [-0.2, 0) is 0 Å². The molecule has 0 bridgehead atoms. The SMILES string of the molecule is C=C(C#N)C(O)c1cc(Br)c(OCCC)c(OCC)c1. The summed E-state index contributed by atoms with van der Waals surface area (Å²) in [6, 6.07) is 5.23. The van der Waals surface area contributed by atoms with Gasteiger partial charge >= 0.3 is 0 Å². The first kappa shape index (κ1) is 16.5. The molecule has 0 aliphatic heterocycles. The van der Waals surface area contributed by atoms with Crippen LogP contribution in [-0.4, -0.2) is 18.3 Å². The van der Waals surface area contributed by atoms with E-state index in [-0.39, 0.29) is 5.57 Å². The Kier molecular flexibility index (Phi) is 6.56. The van der Waals surface area contributed by atoms with Crippen molar-refractivity contribution in [2.45, 2.75) is 26.4 Å². The van der Waals surface area contributed by atoms with Gasteiger partial charge in [0.05, 0.1) is 29.3 Å². The van der Waals surface area contributed by atoms with E-state index < -0.39 is 6.10 Å². The first-order chi connectivity index (χ1) is 9.54. The fourth-order valence-corrected chi connectivity index (χ4v) is 2.19. The fraction of sp³-hybridized carbons (Fsp3) is 0.400. The molecule has 20 heavy (non-hydrogen) atoms. The second-order valence-corrected chi connectivity index (χ2v) is 5.01. The third-order valence-electron chi connectivity index (χ3n) is 2.57. The Labute approximate surface area is 127 Å². The maximum Gasteiger partial charge on any atom is 0.175 e. The molecular formula is C15H18BrNO3. The smallest absolute Gasteiger partial charge is 0.175 e. The van der Waals surface area contributed by atoms with E-state index in [0.29, 0.717) is 34.7 Å². The lowest BCUT2D eigenvalue weighted by atomic mass is 10.0. The zero-order valence-corrected chi connectivity index (χ0v) is 13.2. The number of aliphatic hydroxyl groups is 1. The standard InChI is InChI=1S/C15H18BrNO3/c1-4-6-20-15-12(16)7-11(8-13(15)19-5-2)14(18)10(3)9-17/h7-8,14,18H,3-6H2,1-2H3. The van der Waals surface area contributed by atoms with Gasteiger partial charge in [-0.05, 0) is 47.0 Å². The highest BCUT2D eigenvalue weighted by Gasteiger charge is 2.18. The molecule has 5 heteroatoms. The van der Waals surface area contributed by atoms with Gasteiger partial charge in [0, 0.05) is 0 Å². The predicted octanol–water partition coefficient (Wildman–Crippen LogP) is 3.75. The van der Waals surface area contributed by atoms with E-state index in [4.69, 9.17) is 14.7 Å². The first-order valence-corrected chi connectivity index (χ1v) is 7.20. The highest BCUT2D eigenvalue weighted by Crippen LogP contribution is 2.39. The number of rotatable bonds is 7. The lowest BCUT2D eigenvalue weighted by Gasteiger charge is -2.17. The van der Waals surface area contributed by atoms with Crippen molar-refractivity contribution in [3.8, 4) is 17.6 Å². The van der Waals surface area contributed by atoms with Gasteiger partial charge in [0.2, 0.25) is 0 Å². The number of aliphatic hydroxyl groups excluding tert-OH is 1. The van der Waals surface area contributed by atoms with Crippen LogP contribution in [0.1, 0.15) is 31.9 Å². The van der Waals surface area contributed by atoms with E-state index in [1.54, 1.807) is 12.1 Å². The number of halogens is 1. The number of ether oxygens (including phenoxy) is 2. The minimum Gasteiger partial charge on any atom is -0.490 e. The molecule has 1 aromatic carbocycles. The number of hydrogen-bond donors (Lipinski definition) is 1. The van der Waals surface area contributed by atoms with Crippen LogP contribution in [0.15, 0.2) is 28.8 Å². The Morgan fingerprint density at radius 1 is 1.45 bits per heavy atom. The summed E-state index contributed by atoms with van der Waals surface area (Å²) in [7, 11) is 0. The van der Waals surface area contributed by atoms with Gasteiger partial charge in [0.15, 0.2) is 11.5 Å². The molecular weight excluding hydrogens is 322 g/mol. The molecule has 1 aromatic rings. The zero-order valence-electron chi connectivity index (χ0n) is 11.6. The van der Waals surface area contributed by atoms with Gasteiger partial charge in [-0.15, -0.1) is 0 Å². The lowest BCUT2D eigenvalue weighted by Crippen LogP contribution is -2.04. The second-order valence-electron chi connectivity index (χ2n) is 4.15. The molecule has 1 rings (SSSR count). The van der Waals surface area contributed by atoms with E-state index in [9.17, 15) is 5.11 Å². The van der Waals surface area contributed by atoms with Crippen molar-refractivity contribution in [1.82, 2.24) is 0 Å². The molecule has 0 amide bonds. The van der Waals surface area contributed by atoms with E-state index in [2.05, 4.69) is 22.5 Å². The molecule has 0 radical (unpaired) electrons. The predicted molar refractivity (Wildman–Crippen MR) is 80.8 cm³/mol. The summed E-state index contributed by atoms with van der Waals surface area (Å²) in [6.07, 6.45) is -0.163. The van der Waals surface area contributed by atoms with Crippen LogP contribution < -0.4 is 9.47 Å². The molecule has 4 nitrogen and oxygen atoms in total. The summed E-state index contributed by atoms with van der Waals surface area (Å²) in [5, 5.41) is 18.8. The number of hydrogen-bond acceptors (Lipinski definition) is 4. The van der Waals surface area contributed by atoms with Crippen LogP contribution in [0.4, 0.5) is 0 Å². The molecule has 0 fully saturated rings. The first-order valence-electron chi connectivity index (χ1n) is 6.41. The van der Waals surface area contributed by atoms with E-state index >= 15 is 0 Å². The van der Waals surface area contributed by atoms with E-state index in [1.807, 2.05) is 19.9 Å². The Balaban J connectivity index is 3.18. The summed E-state index contributed by atoms with van der Waals surface area (Å²) < 4.78 is 11.9. The van der Waals surface area contributed by atoms with Gasteiger partial charge in [-0.1, -0.05) is 13.5 Å². The normalized spacial score (nSPS) is 11.6. The largest absolute Gasteiger partial charge is 0.490 e. The zero-order chi connectivity index (χ0) is 15.1. The average molecular weight is 340 g/mol. The van der Waals surface area contributed by atoms with E-state index in [0.717, 1.165) is 6.42 Å². The quantitative estimate of drug-likeness (QED) is 0.768. The molecule has 0 aliphatic carbocycles. The molecule has 0 aliphatic rings. The van der Waals surface area contributed by atoms with Crippen molar-refractivity contribution in [2.24, 2.45) is 0 Å². The van der Waals surface area contributed by atoms with Crippen LogP contribution in [0.3, 0.4) is 0 Å². The topological polar surface area (TPSA) is 62.5 Å². The van der Waals surface area contributed by atoms with Gasteiger partial charge in [0.25, 0.3) is 0 Å². The van der Waals surface area contributed by atoms with Crippen LogP contribution >= 0.6 is 15.9 Å². The summed E-state index contributed by atoms with van der Waals surface area (Å²) in [5.41, 5.74) is 0.622. The second kappa shape index (κ2) is 7.93. The van der Waals surface area contributed by atoms with Crippen molar-refractivity contribution in [3.05, 3.63) is 34.3 Å². The molecule has 1 atom stereocenters. The van der Waals surface area contributed by atoms with Crippen LogP contribution in [0.5, 0.6) is 11.5 Å². The van der Waals surface area contributed by atoms with Crippen LogP contribution in [0.25, 0.3) is 0 Å². The van der Waals surface area contributed by atoms with Gasteiger partial charge in [-0.3, -0.25) is 0 Å². The average Bonchev–Trinajstić information content (AvgIpc) is 2.44. The number of nitrogens with zero attached hydrogens (tertiary/aromatic N) is 1. The summed E-state index contributed by atoms with van der Waals surface area (Å²) in [5.74, 6) is 1.14. The van der Waals surface area contributed by atoms with Crippen LogP contribution in [0, 0.1) is 11.3 Å². The van der Waals surface area contributed by atoms with Crippen molar-refractivity contribution in [3.63, 3.8) is 0 Å². The molecule has 0 saturated heterocycles. The van der Waals surface area contributed by atoms with Crippen molar-refractivity contribution in [1.29, 1.82) is 5.26 Å². The van der Waals surface area contributed by atoms with Gasteiger partial charge in [0.1, 0.15) is 6.10 Å². The van der Waals surface area contributed by atoms with Gasteiger partial charge < -0.3 is 14.6 Å². The molecule has 1 N–H and O–H groups in total. The highest BCUT2D eigenvalue weighted by atomic mass is 79.9. The minimum atomic E-state index is -1.05. The maximum absolute atomic E-state index is 10.0. The van der Waals surface area contributed by atoms with Crippen molar-refractivity contribution >= 4 is 15.9 Å². The van der Waals surface area contributed by atoms with Gasteiger partial charge in [-0.25, -0.2) is 0 Å². The summed E-state index contributed by atoms with van der Waals surface area (Å²) >= 11 is 3.41. The molecule has 0 heterocycles. The fourth-order valence-electron chi connectivity index (χ4n) is 1.62. The van der Waals surface area contributed by atoms with Gasteiger partial charge in [-0.2, -0.15) is 5.26 Å². The molecule has 0 saturated carbocycles. The monoisotopic (exact) mass is 339 g/mol. The number of nitriles is 1. The van der Waals surface area contributed by atoms with Crippen molar-refractivity contribution in [2.75, 3.05) is 13.2 Å². The molecule has 0 spiro atoms. The maximum atomic E-state index is 10.0. The number of benzene rings is 1. The summed E-state index contributed by atoms with van der Waals surface area (Å²) in [4.78, 5) is 0. The Morgan fingerprint density at radius 3 is 2.70 bits per heavy atom. The third-order valence-corrected chi connectivity index (χ3v) is 3.16. The third kappa shape index (κ3) is 3.99. The highest BCUT2D eigenvalue weighted by molar-refractivity contribution is 9.10. The van der Waals surface area contributed by atoms with Crippen LogP contribution in [0.2, 0.25) is 0 Å². The molecule has 0 aromatic heterocycles. The molecule has 1 unspecified atom stereocenters. The Bertz CT molecular complexity index is 523. The van der Waals surface area contributed by atoms with Crippen molar-refractivity contribution < 1.29 is 14.6 Å².